The van der Waals surface area contributed by atoms with Crippen LogP contribution in [0.1, 0.15) is 16.6 Å². The Bertz CT molecular complexity index is 672. The Kier molecular flexibility index (Phi) is 5.41. The average Bonchev–Trinajstić information content (AvgIpc) is 3.01. The first-order valence-electron chi connectivity index (χ1n) is 6.40. The molecule has 1 N–H and O–H groups in total. The second-order valence-electron chi connectivity index (χ2n) is 4.36. The van der Waals surface area contributed by atoms with Gasteiger partial charge in [0, 0.05) is 5.02 Å². The number of anilines is 1. The SMILES string of the molecule is COc1ccc(Cl)cc1NC(=O)[C@@H](C)OC(=O)c1cccs1. The molecule has 0 radical (unpaired) electrons. The summed E-state index contributed by atoms with van der Waals surface area (Å²) in [7, 11) is 1.49. The molecule has 116 valence electrons. The zero-order chi connectivity index (χ0) is 16.1. The second-order valence-corrected chi connectivity index (χ2v) is 5.74. The predicted octanol–water partition coefficient (Wildman–Crippen LogP) is 3.59. The highest BCUT2D eigenvalue weighted by Crippen LogP contribution is 2.27. The number of carbonyl (C=O) groups is 2. The minimum absolute atomic E-state index is 0.416. The molecule has 0 aliphatic carbocycles. The molecule has 0 saturated heterocycles. The van der Waals surface area contributed by atoms with Gasteiger partial charge in [0.15, 0.2) is 6.10 Å². The molecule has 0 spiro atoms. The van der Waals surface area contributed by atoms with Gasteiger partial charge in [-0.3, -0.25) is 4.79 Å². The summed E-state index contributed by atoms with van der Waals surface area (Å²) < 4.78 is 10.3. The third-order valence-electron chi connectivity index (χ3n) is 2.79. The standard InChI is InChI=1S/C15H14ClNO4S/c1-9(21-15(19)13-4-3-7-22-13)14(18)17-11-8-10(16)5-6-12(11)20-2/h3-9H,1-2H3,(H,17,18)/t9-/m1/s1. The van der Waals surface area contributed by atoms with E-state index in [9.17, 15) is 9.59 Å². The molecule has 0 saturated carbocycles. The normalized spacial score (nSPS) is 11.6. The zero-order valence-electron chi connectivity index (χ0n) is 12.0. The Morgan fingerprint density at radius 3 is 2.73 bits per heavy atom. The number of hydrogen-bond donors (Lipinski definition) is 1. The van der Waals surface area contributed by atoms with E-state index in [0.717, 1.165) is 0 Å². The molecule has 1 aromatic heterocycles. The number of ether oxygens (including phenoxy) is 2. The lowest BCUT2D eigenvalue weighted by Gasteiger charge is -2.15. The number of nitrogens with one attached hydrogen (secondary N) is 1. The topological polar surface area (TPSA) is 64.6 Å². The molecule has 1 aromatic carbocycles. The van der Waals surface area contributed by atoms with E-state index >= 15 is 0 Å². The predicted molar refractivity (Wildman–Crippen MR) is 85.8 cm³/mol. The second kappa shape index (κ2) is 7.29. The van der Waals surface area contributed by atoms with E-state index in [0.29, 0.717) is 21.3 Å². The molecular formula is C15H14ClNO4S. The fourth-order valence-electron chi connectivity index (χ4n) is 1.68. The summed E-state index contributed by atoms with van der Waals surface area (Å²) in [5, 5.41) is 4.85. The van der Waals surface area contributed by atoms with Crippen LogP contribution in [0.3, 0.4) is 0 Å². The first-order valence-corrected chi connectivity index (χ1v) is 7.66. The Hall–Kier alpha value is -2.05. The number of amides is 1. The van der Waals surface area contributed by atoms with Crippen molar-refractivity contribution in [1.82, 2.24) is 0 Å². The summed E-state index contributed by atoms with van der Waals surface area (Å²) in [6, 6.07) is 8.23. The van der Waals surface area contributed by atoms with Crippen LogP contribution >= 0.6 is 22.9 Å². The van der Waals surface area contributed by atoms with E-state index in [1.165, 1.54) is 25.4 Å². The molecule has 2 aromatic rings. The van der Waals surface area contributed by atoms with Crippen molar-refractivity contribution < 1.29 is 19.1 Å². The highest BCUT2D eigenvalue weighted by atomic mass is 35.5. The van der Waals surface area contributed by atoms with Gasteiger partial charge in [-0.1, -0.05) is 17.7 Å². The first-order chi connectivity index (χ1) is 10.5. The zero-order valence-corrected chi connectivity index (χ0v) is 13.5. The van der Waals surface area contributed by atoms with Crippen molar-refractivity contribution in [2.45, 2.75) is 13.0 Å². The van der Waals surface area contributed by atoms with Crippen molar-refractivity contribution in [2.24, 2.45) is 0 Å². The van der Waals surface area contributed by atoms with Crippen molar-refractivity contribution in [3.8, 4) is 5.75 Å². The number of esters is 1. The molecule has 0 aliphatic rings. The molecular weight excluding hydrogens is 326 g/mol. The van der Waals surface area contributed by atoms with Gasteiger partial charge in [0.2, 0.25) is 0 Å². The molecule has 0 fully saturated rings. The third kappa shape index (κ3) is 3.99. The Labute approximate surface area is 136 Å². The van der Waals surface area contributed by atoms with Crippen molar-refractivity contribution in [3.05, 3.63) is 45.6 Å². The highest BCUT2D eigenvalue weighted by Gasteiger charge is 2.20. The van der Waals surface area contributed by atoms with Crippen LogP contribution in [-0.2, 0) is 9.53 Å². The van der Waals surface area contributed by atoms with Gasteiger partial charge < -0.3 is 14.8 Å². The number of carbonyl (C=O) groups excluding carboxylic acids is 2. The molecule has 2 rings (SSSR count). The van der Waals surface area contributed by atoms with E-state index in [-0.39, 0.29) is 0 Å². The highest BCUT2D eigenvalue weighted by molar-refractivity contribution is 7.11. The smallest absolute Gasteiger partial charge is 0.349 e. The van der Waals surface area contributed by atoms with E-state index < -0.39 is 18.0 Å². The van der Waals surface area contributed by atoms with Gasteiger partial charge in [0.25, 0.3) is 5.91 Å². The van der Waals surface area contributed by atoms with Crippen LogP contribution in [-0.4, -0.2) is 25.1 Å². The van der Waals surface area contributed by atoms with Gasteiger partial charge in [-0.2, -0.15) is 0 Å². The molecule has 0 unspecified atom stereocenters. The van der Waals surface area contributed by atoms with E-state index in [1.807, 2.05) is 0 Å². The number of methoxy groups -OCH3 is 1. The van der Waals surface area contributed by atoms with Gasteiger partial charge in [-0.15, -0.1) is 11.3 Å². The van der Waals surface area contributed by atoms with Crippen LogP contribution in [0.5, 0.6) is 5.75 Å². The lowest BCUT2D eigenvalue weighted by atomic mass is 10.2. The molecule has 1 atom stereocenters. The van der Waals surface area contributed by atoms with E-state index in [4.69, 9.17) is 21.1 Å². The largest absolute Gasteiger partial charge is 0.495 e. The summed E-state index contributed by atoms with van der Waals surface area (Å²) >= 11 is 7.15. The van der Waals surface area contributed by atoms with Crippen molar-refractivity contribution >= 4 is 40.5 Å². The van der Waals surface area contributed by atoms with Gasteiger partial charge >= 0.3 is 5.97 Å². The first kappa shape index (κ1) is 16.3. The van der Waals surface area contributed by atoms with Crippen LogP contribution in [0.4, 0.5) is 5.69 Å². The average molecular weight is 340 g/mol. The minimum atomic E-state index is -0.946. The van der Waals surface area contributed by atoms with Crippen molar-refractivity contribution in [1.29, 1.82) is 0 Å². The maximum Gasteiger partial charge on any atom is 0.349 e. The monoisotopic (exact) mass is 339 g/mol. The Balaban J connectivity index is 2.02. The van der Waals surface area contributed by atoms with Crippen LogP contribution in [0.25, 0.3) is 0 Å². The lowest BCUT2D eigenvalue weighted by Crippen LogP contribution is -2.29. The third-order valence-corrected chi connectivity index (χ3v) is 3.88. The van der Waals surface area contributed by atoms with Crippen LogP contribution in [0.15, 0.2) is 35.7 Å². The van der Waals surface area contributed by atoms with Gasteiger partial charge in [-0.05, 0) is 36.6 Å². The number of thiophene rings is 1. The summed E-state index contributed by atoms with van der Waals surface area (Å²) in [5.74, 6) is -0.532. The van der Waals surface area contributed by atoms with Crippen molar-refractivity contribution in [3.63, 3.8) is 0 Å². The van der Waals surface area contributed by atoms with Crippen LogP contribution in [0.2, 0.25) is 5.02 Å². The van der Waals surface area contributed by atoms with Crippen molar-refractivity contribution in [2.75, 3.05) is 12.4 Å². The molecule has 1 heterocycles. The molecule has 0 aliphatic heterocycles. The van der Waals surface area contributed by atoms with Gasteiger partial charge in [0.05, 0.1) is 12.8 Å². The summed E-state index contributed by atoms with van der Waals surface area (Å²) in [5.41, 5.74) is 0.416. The fraction of sp³-hybridized carbons (Fsp3) is 0.200. The van der Waals surface area contributed by atoms with Crippen LogP contribution in [0, 0.1) is 0 Å². The maximum atomic E-state index is 12.1. The van der Waals surface area contributed by atoms with E-state index in [1.54, 1.807) is 35.7 Å². The quantitative estimate of drug-likeness (QED) is 0.845. The van der Waals surface area contributed by atoms with Gasteiger partial charge in [-0.25, -0.2) is 4.79 Å². The number of halogens is 1. The molecule has 7 heteroatoms. The number of hydrogen-bond acceptors (Lipinski definition) is 5. The van der Waals surface area contributed by atoms with Gasteiger partial charge in [0.1, 0.15) is 10.6 Å². The lowest BCUT2D eigenvalue weighted by molar-refractivity contribution is -0.123. The molecule has 5 nitrogen and oxygen atoms in total. The van der Waals surface area contributed by atoms with E-state index in [2.05, 4.69) is 5.32 Å². The molecule has 22 heavy (non-hydrogen) atoms. The molecule has 0 bridgehead atoms. The molecule has 1 amide bonds. The maximum absolute atomic E-state index is 12.1. The Morgan fingerprint density at radius 2 is 2.09 bits per heavy atom. The Morgan fingerprint density at radius 1 is 1.32 bits per heavy atom. The summed E-state index contributed by atoms with van der Waals surface area (Å²) in [4.78, 5) is 24.4. The van der Waals surface area contributed by atoms with Crippen LogP contribution < -0.4 is 10.1 Å². The number of rotatable bonds is 5. The minimum Gasteiger partial charge on any atom is -0.495 e. The summed E-state index contributed by atoms with van der Waals surface area (Å²) in [6.07, 6.45) is -0.946. The summed E-state index contributed by atoms with van der Waals surface area (Å²) in [6.45, 7) is 1.50. The number of benzene rings is 1. The fourth-order valence-corrected chi connectivity index (χ4v) is 2.46.